The van der Waals surface area contributed by atoms with Crippen LogP contribution in [0.2, 0.25) is 0 Å². The van der Waals surface area contributed by atoms with Crippen molar-refractivity contribution >= 4 is 12.0 Å². The van der Waals surface area contributed by atoms with Crippen molar-refractivity contribution in [3.63, 3.8) is 0 Å². The molecule has 2 amide bonds. The van der Waals surface area contributed by atoms with Gasteiger partial charge in [-0.25, -0.2) is 4.79 Å². The van der Waals surface area contributed by atoms with Gasteiger partial charge in [0.1, 0.15) is 0 Å². The first kappa shape index (κ1) is 9.93. The topological polar surface area (TPSA) is 69.6 Å². The van der Waals surface area contributed by atoms with E-state index in [0.29, 0.717) is 12.5 Å². The van der Waals surface area contributed by atoms with Gasteiger partial charge < -0.3 is 15.3 Å². The summed E-state index contributed by atoms with van der Waals surface area (Å²) in [6.45, 7) is 0. The van der Waals surface area contributed by atoms with E-state index in [9.17, 15) is 9.59 Å². The van der Waals surface area contributed by atoms with E-state index in [4.69, 9.17) is 5.11 Å². The molecule has 0 spiro atoms. The van der Waals surface area contributed by atoms with Crippen LogP contribution >= 0.6 is 0 Å². The third kappa shape index (κ3) is 1.45. The second-order valence-corrected chi connectivity index (χ2v) is 5.11. The summed E-state index contributed by atoms with van der Waals surface area (Å²) in [6, 6.07) is 0.389. The smallest absolute Gasteiger partial charge is 0.318 e. The minimum atomic E-state index is -0.753. The lowest BCUT2D eigenvalue weighted by Gasteiger charge is -2.23. The van der Waals surface area contributed by atoms with Gasteiger partial charge in [0.15, 0.2) is 0 Å². The molecule has 2 aliphatic heterocycles. The van der Waals surface area contributed by atoms with E-state index in [-0.39, 0.29) is 24.0 Å². The third-order valence-corrected chi connectivity index (χ3v) is 3.99. The fraction of sp³-hybridized carbons (Fsp3) is 0.818. The van der Waals surface area contributed by atoms with Crippen LogP contribution in [-0.4, -0.2) is 40.1 Å². The van der Waals surface area contributed by atoms with E-state index >= 15 is 0 Å². The summed E-state index contributed by atoms with van der Waals surface area (Å²) in [5, 5.41) is 12.0. The van der Waals surface area contributed by atoms with E-state index in [2.05, 4.69) is 5.32 Å². The van der Waals surface area contributed by atoms with Crippen LogP contribution in [0, 0.1) is 5.92 Å². The molecule has 0 aromatic rings. The van der Waals surface area contributed by atoms with E-state index in [1.165, 1.54) is 0 Å². The first-order valence-electron chi connectivity index (χ1n) is 5.98. The molecule has 1 saturated carbocycles. The van der Waals surface area contributed by atoms with Gasteiger partial charge >= 0.3 is 12.0 Å². The number of carbonyl (C=O) groups is 2. The number of fused-ring (bicyclic) bond motifs is 2. The van der Waals surface area contributed by atoms with Gasteiger partial charge in [-0.1, -0.05) is 0 Å². The SMILES string of the molecule is O=C(O)C1CC2CCC1N2C(=O)NC1CC1. The van der Waals surface area contributed by atoms with E-state index in [1.54, 1.807) is 4.90 Å². The molecule has 1 aliphatic carbocycles. The molecule has 88 valence electrons. The number of hydrogen-bond acceptors (Lipinski definition) is 2. The summed E-state index contributed by atoms with van der Waals surface area (Å²) >= 11 is 0. The van der Waals surface area contributed by atoms with Crippen molar-refractivity contribution in [2.45, 2.75) is 50.2 Å². The average Bonchev–Trinajstić information content (AvgIpc) is 2.87. The van der Waals surface area contributed by atoms with Crippen LogP contribution in [0.4, 0.5) is 4.79 Å². The summed E-state index contributed by atoms with van der Waals surface area (Å²) in [5.74, 6) is -1.10. The Labute approximate surface area is 93.8 Å². The van der Waals surface area contributed by atoms with E-state index in [0.717, 1.165) is 25.7 Å². The van der Waals surface area contributed by atoms with Gasteiger partial charge in [-0.2, -0.15) is 0 Å². The largest absolute Gasteiger partial charge is 0.481 e. The zero-order valence-electron chi connectivity index (χ0n) is 9.06. The van der Waals surface area contributed by atoms with Crippen molar-refractivity contribution in [2.75, 3.05) is 0 Å². The Bertz CT molecular complexity index is 340. The fourth-order valence-electron chi connectivity index (χ4n) is 3.05. The summed E-state index contributed by atoms with van der Waals surface area (Å²) in [6.07, 6.45) is 4.58. The molecule has 5 nitrogen and oxygen atoms in total. The molecule has 3 atom stereocenters. The minimum absolute atomic E-state index is 0.0428. The zero-order valence-corrected chi connectivity index (χ0v) is 9.06. The zero-order chi connectivity index (χ0) is 11.3. The maximum Gasteiger partial charge on any atom is 0.318 e. The Kier molecular flexibility index (Phi) is 2.09. The second-order valence-electron chi connectivity index (χ2n) is 5.11. The Morgan fingerprint density at radius 1 is 1.19 bits per heavy atom. The highest BCUT2D eigenvalue weighted by atomic mass is 16.4. The standard InChI is InChI=1S/C11H16N2O3/c14-10(15)8-5-7-3-4-9(8)13(7)11(16)12-6-1-2-6/h6-9H,1-5H2,(H,12,16)(H,14,15). The first-order valence-corrected chi connectivity index (χ1v) is 5.98. The van der Waals surface area contributed by atoms with E-state index < -0.39 is 5.97 Å². The lowest BCUT2D eigenvalue weighted by atomic mass is 9.89. The molecule has 3 aliphatic rings. The number of hydrogen-bond donors (Lipinski definition) is 2. The maximum atomic E-state index is 11.9. The first-order chi connectivity index (χ1) is 7.66. The Morgan fingerprint density at radius 3 is 2.50 bits per heavy atom. The number of aliphatic carboxylic acids is 1. The van der Waals surface area contributed by atoms with Crippen LogP contribution in [-0.2, 0) is 4.79 Å². The number of rotatable bonds is 2. The summed E-state index contributed by atoms with van der Waals surface area (Å²) in [7, 11) is 0. The van der Waals surface area contributed by atoms with Crippen molar-refractivity contribution in [1.82, 2.24) is 10.2 Å². The molecule has 16 heavy (non-hydrogen) atoms. The van der Waals surface area contributed by atoms with Crippen molar-refractivity contribution in [1.29, 1.82) is 0 Å². The van der Waals surface area contributed by atoms with Crippen LogP contribution in [0.5, 0.6) is 0 Å². The molecule has 0 radical (unpaired) electrons. The van der Waals surface area contributed by atoms with Gasteiger partial charge in [0.25, 0.3) is 0 Å². The van der Waals surface area contributed by atoms with Crippen LogP contribution < -0.4 is 5.32 Å². The van der Waals surface area contributed by atoms with Crippen LogP contribution in [0.3, 0.4) is 0 Å². The number of carbonyl (C=O) groups excluding carboxylic acids is 1. The fourth-order valence-corrected chi connectivity index (χ4v) is 3.05. The van der Waals surface area contributed by atoms with Gasteiger partial charge in [0.2, 0.25) is 0 Å². The minimum Gasteiger partial charge on any atom is -0.481 e. The monoisotopic (exact) mass is 224 g/mol. The van der Waals surface area contributed by atoms with Crippen molar-refractivity contribution < 1.29 is 14.7 Å². The highest BCUT2D eigenvalue weighted by Gasteiger charge is 2.51. The quantitative estimate of drug-likeness (QED) is 0.728. The molecule has 3 fully saturated rings. The van der Waals surface area contributed by atoms with Gasteiger partial charge in [-0.05, 0) is 32.1 Å². The van der Waals surface area contributed by atoms with Gasteiger partial charge in [-0.15, -0.1) is 0 Å². The molecule has 0 aromatic heterocycles. The third-order valence-electron chi connectivity index (χ3n) is 3.99. The predicted octanol–water partition coefficient (Wildman–Crippen LogP) is 0.796. The molecule has 2 saturated heterocycles. The molecular weight excluding hydrogens is 208 g/mol. The summed E-state index contributed by atoms with van der Waals surface area (Å²) in [5.41, 5.74) is 0. The van der Waals surface area contributed by atoms with E-state index in [1.807, 2.05) is 0 Å². The maximum absolute atomic E-state index is 11.9. The Balaban J connectivity index is 1.71. The van der Waals surface area contributed by atoms with Crippen molar-refractivity contribution in [3.8, 4) is 0 Å². The molecular formula is C11H16N2O3. The van der Waals surface area contributed by atoms with Gasteiger partial charge in [0.05, 0.1) is 5.92 Å². The molecule has 5 heteroatoms. The second kappa shape index (κ2) is 3.37. The normalized spacial score (nSPS) is 36.5. The highest BCUT2D eigenvalue weighted by Crippen LogP contribution is 2.42. The lowest BCUT2D eigenvalue weighted by molar-refractivity contribution is -0.142. The Hall–Kier alpha value is -1.26. The van der Waals surface area contributed by atoms with Gasteiger partial charge in [-0.3, -0.25) is 4.79 Å². The number of nitrogens with zero attached hydrogens (tertiary/aromatic N) is 1. The average molecular weight is 224 g/mol. The predicted molar refractivity (Wildman–Crippen MR) is 55.9 cm³/mol. The molecule has 0 aromatic carbocycles. The number of amides is 2. The molecule has 2 N–H and O–H groups in total. The van der Waals surface area contributed by atoms with Crippen LogP contribution in [0.15, 0.2) is 0 Å². The molecule has 2 heterocycles. The Morgan fingerprint density at radius 2 is 1.94 bits per heavy atom. The van der Waals surface area contributed by atoms with Crippen LogP contribution in [0.25, 0.3) is 0 Å². The molecule has 2 bridgehead atoms. The number of nitrogens with one attached hydrogen (secondary N) is 1. The van der Waals surface area contributed by atoms with Gasteiger partial charge in [0, 0.05) is 18.1 Å². The molecule has 3 rings (SSSR count). The van der Waals surface area contributed by atoms with Crippen molar-refractivity contribution in [2.24, 2.45) is 5.92 Å². The highest BCUT2D eigenvalue weighted by molar-refractivity contribution is 5.79. The lowest BCUT2D eigenvalue weighted by Crippen LogP contribution is -2.45. The summed E-state index contributed by atoms with van der Waals surface area (Å²) < 4.78 is 0. The van der Waals surface area contributed by atoms with Crippen LogP contribution in [0.1, 0.15) is 32.1 Å². The number of carboxylic acid groups (broad SMARTS) is 1. The molecule has 3 unspecified atom stereocenters. The number of urea groups is 1. The number of carboxylic acids is 1. The van der Waals surface area contributed by atoms with Crippen molar-refractivity contribution in [3.05, 3.63) is 0 Å². The summed E-state index contributed by atoms with van der Waals surface area (Å²) in [4.78, 5) is 24.8.